The molecule has 3 saturated carbocycles. The number of H-pyrrole nitrogens is 1. The van der Waals surface area contributed by atoms with E-state index in [0.29, 0.717) is 47.5 Å². The quantitative estimate of drug-likeness (QED) is 0.0999. The van der Waals surface area contributed by atoms with E-state index >= 15 is 0 Å². The normalized spacial score (nSPS) is 46.3. The first kappa shape index (κ1) is 37.1. The molecule has 1 aromatic rings. The van der Waals surface area contributed by atoms with Crippen LogP contribution in [0.2, 0.25) is 0 Å². The van der Waals surface area contributed by atoms with Crippen LogP contribution in [-0.4, -0.2) is 57.8 Å². The molecule has 286 valence electrons. The first-order valence-corrected chi connectivity index (χ1v) is 21.9. The highest BCUT2D eigenvalue weighted by atomic mass is 32.5. The predicted octanol–water partition coefficient (Wildman–Crippen LogP) is 6.80. The topological polar surface area (TPSA) is 170 Å². The van der Waals surface area contributed by atoms with Gasteiger partial charge in [-0.2, -0.15) is 0 Å². The zero-order valence-electron chi connectivity index (χ0n) is 30.9. The fraction of sp³-hybridized carbons (Fsp3) is 0.838. The Labute approximate surface area is 310 Å². The number of fused-ring (bicyclic) bond motifs is 7. The van der Waals surface area contributed by atoms with Gasteiger partial charge in [-0.25, -0.2) is 4.79 Å². The molecule has 15 atom stereocenters. The van der Waals surface area contributed by atoms with E-state index in [-0.39, 0.29) is 41.9 Å². The molecule has 0 amide bonds. The van der Waals surface area contributed by atoms with E-state index in [2.05, 4.69) is 48.8 Å². The van der Waals surface area contributed by atoms with Gasteiger partial charge < -0.3 is 28.2 Å². The molecule has 1 spiro atoms. The second kappa shape index (κ2) is 13.4. The Kier molecular flexibility index (Phi) is 9.57. The lowest BCUT2D eigenvalue weighted by Gasteiger charge is -2.58. The summed E-state index contributed by atoms with van der Waals surface area (Å²) in [7, 11) is 0. The van der Waals surface area contributed by atoms with Crippen LogP contribution in [0.1, 0.15) is 104 Å². The Morgan fingerprint density at radius 2 is 1.98 bits per heavy atom. The van der Waals surface area contributed by atoms with Crippen LogP contribution in [0.15, 0.2) is 32.5 Å². The van der Waals surface area contributed by atoms with Crippen molar-refractivity contribution in [3.05, 3.63) is 54.7 Å². The maximum Gasteiger partial charge on any atom is 0.330 e. The minimum Gasteiger partial charge on any atom is -0.352 e. The predicted molar refractivity (Wildman–Crippen MR) is 197 cm³/mol. The van der Waals surface area contributed by atoms with Crippen LogP contribution in [0.25, 0.3) is 10.4 Å². The lowest BCUT2D eigenvalue weighted by atomic mass is 9.47. The highest BCUT2D eigenvalue weighted by Gasteiger charge is 2.68. The van der Waals surface area contributed by atoms with Crippen LogP contribution in [0.5, 0.6) is 0 Å². The van der Waals surface area contributed by atoms with Crippen molar-refractivity contribution in [3.8, 4) is 0 Å². The van der Waals surface area contributed by atoms with Crippen molar-refractivity contribution in [3.63, 3.8) is 0 Å². The molecule has 2 N–H and O–H groups in total. The molecule has 7 aliphatic rings. The van der Waals surface area contributed by atoms with E-state index in [1.807, 2.05) is 0 Å². The van der Waals surface area contributed by atoms with Crippen LogP contribution in [-0.2, 0) is 35.1 Å². The molecule has 4 heterocycles. The summed E-state index contributed by atoms with van der Waals surface area (Å²) in [6.45, 7) is 8.25. The number of aryl methyl sites for hydroxylation is 1. The number of aromatic nitrogens is 2. The van der Waals surface area contributed by atoms with E-state index < -0.39 is 36.3 Å². The number of hydrogen-bond donors (Lipinski definition) is 2. The van der Waals surface area contributed by atoms with Gasteiger partial charge in [0.25, 0.3) is 5.56 Å². The molecular formula is C37H54N5O8PS. The fourth-order valence-corrected chi connectivity index (χ4v) is 13.6. The SMILES string of the molecule is Cc1cn([C@H]2C[C@H](N=[N+]=[N-])[C@@H](COP(O)(=S)O[C@H]3CC[C@@]4(C)C(=CC[C@H]5[C@@H]6C[C@@H]7O[C@]8(CCC(C)CO8)[C@@H](C)[C@@H]7[C@@]6(C)CC[C@@H]54)C3)O2)c(=O)[nH]c1=O. The number of ether oxygens (including phenoxy) is 3. The van der Waals surface area contributed by atoms with Gasteiger partial charge in [-0.1, -0.05) is 44.5 Å². The van der Waals surface area contributed by atoms with Crippen molar-refractivity contribution in [2.75, 3.05) is 13.2 Å². The maximum absolute atomic E-state index is 12.5. The summed E-state index contributed by atoms with van der Waals surface area (Å²) in [6, 6.07) is -0.669. The molecule has 2 unspecified atom stereocenters. The smallest absolute Gasteiger partial charge is 0.330 e. The summed E-state index contributed by atoms with van der Waals surface area (Å²) >= 11 is 5.49. The number of nitrogens with zero attached hydrogens (tertiary/aromatic N) is 4. The number of azide groups is 1. The first-order chi connectivity index (χ1) is 24.7. The first-order valence-electron chi connectivity index (χ1n) is 19.3. The monoisotopic (exact) mass is 759 g/mol. The Balaban J connectivity index is 0.903. The number of aromatic amines is 1. The summed E-state index contributed by atoms with van der Waals surface area (Å²) < 4.78 is 32.8. The van der Waals surface area contributed by atoms with Gasteiger partial charge in [0.2, 0.25) is 0 Å². The second-order valence-corrected chi connectivity index (χ2v) is 20.4. The van der Waals surface area contributed by atoms with Gasteiger partial charge in [-0.3, -0.25) is 14.3 Å². The zero-order valence-corrected chi connectivity index (χ0v) is 32.7. The third-order valence-corrected chi connectivity index (χ3v) is 16.5. The van der Waals surface area contributed by atoms with Gasteiger partial charge >= 0.3 is 12.4 Å². The molecule has 3 aliphatic heterocycles. The van der Waals surface area contributed by atoms with Gasteiger partial charge in [0.05, 0.1) is 37.6 Å². The van der Waals surface area contributed by atoms with Crippen molar-refractivity contribution in [2.45, 2.75) is 135 Å². The maximum atomic E-state index is 12.5. The number of allylic oxidation sites excluding steroid dienone is 1. The number of rotatable bonds is 7. The molecule has 0 radical (unpaired) electrons. The van der Waals surface area contributed by atoms with Crippen LogP contribution in [0.4, 0.5) is 0 Å². The summed E-state index contributed by atoms with van der Waals surface area (Å²) in [4.78, 5) is 40.8. The molecule has 13 nitrogen and oxygen atoms in total. The van der Waals surface area contributed by atoms with Crippen LogP contribution in [0.3, 0.4) is 0 Å². The Hall–Kier alpha value is -1.86. The van der Waals surface area contributed by atoms with Crippen molar-refractivity contribution < 1.29 is 28.2 Å². The highest BCUT2D eigenvalue weighted by molar-refractivity contribution is 8.07. The Morgan fingerprint density at radius 3 is 2.73 bits per heavy atom. The molecule has 0 aromatic carbocycles. The molecule has 3 saturated heterocycles. The minimum atomic E-state index is -3.68. The average molecular weight is 760 g/mol. The van der Waals surface area contributed by atoms with Crippen LogP contribution >= 0.6 is 6.72 Å². The highest BCUT2D eigenvalue weighted by Crippen LogP contribution is 2.71. The zero-order chi connectivity index (χ0) is 36.8. The van der Waals surface area contributed by atoms with Crippen LogP contribution < -0.4 is 11.2 Å². The third kappa shape index (κ3) is 6.13. The number of nitrogens with one attached hydrogen (secondary N) is 1. The fourth-order valence-electron chi connectivity index (χ4n) is 12.1. The molecule has 4 aliphatic carbocycles. The summed E-state index contributed by atoms with van der Waals surface area (Å²) in [5.74, 6) is 3.05. The van der Waals surface area contributed by atoms with Crippen molar-refractivity contribution in [1.82, 2.24) is 9.55 Å². The van der Waals surface area contributed by atoms with E-state index in [0.717, 1.165) is 38.7 Å². The molecule has 52 heavy (non-hydrogen) atoms. The molecular weight excluding hydrogens is 705 g/mol. The molecule has 6 fully saturated rings. The summed E-state index contributed by atoms with van der Waals surface area (Å²) in [5.41, 5.74) is 10.2. The van der Waals surface area contributed by atoms with E-state index in [1.54, 1.807) is 6.92 Å². The lowest BCUT2D eigenvalue weighted by molar-refractivity contribution is -0.272. The van der Waals surface area contributed by atoms with E-state index in [4.69, 9.17) is 35.1 Å². The van der Waals surface area contributed by atoms with Crippen molar-refractivity contribution in [1.29, 1.82) is 0 Å². The van der Waals surface area contributed by atoms with Crippen molar-refractivity contribution >= 4 is 18.5 Å². The van der Waals surface area contributed by atoms with E-state index in [1.165, 1.54) is 35.6 Å². The second-order valence-electron chi connectivity index (χ2n) is 17.6. The van der Waals surface area contributed by atoms with Crippen LogP contribution in [0, 0.1) is 53.3 Å². The van der Waals surface area contributed by atoms with Gasteiger partial charge in [0.15, 0.2) is 5.79 Å². The molecule has 8 rings (SSSR count). The molecule has 1 aromatic heterocycles. The van der Waals surface area contributed by atoms with Gasteiger partial charge in [0.1, 0.15) is 6.23 Å². The average Bonchev–Trinajstić information content (AvgIpc) is 3.72. The molecule has 15 heteroatoms. The summed E-state index contributed by atoms with van der Waals surface area (Å²) in [5, 5.41) is 3.84. The summed E-state index contributed by atoms with van der Waals surface area (Å²) in [6.07, 6.45) is 11.9. The molecule has 0 bridgehead atoms. The number of hydrogen-bond acceptors (Lipinski definition) is 9. The van der Waals surface area contributed by atoms with Gasteiger partial charge in [-0.15, -0.1) is 0 Å². The van der Waals surface area contributed by atoms with Gasteiger partial charge in [-0.05, 0) is 116 Å². The van der Waals surface area contributed by atoms with E-state index in [9.17, 15) is 20.0 Å². The van der Waals surface area contributed by atoms with Crippen molar-refractivity contribution in [2.24, 2.45) is 51.5 Å². The minimum absolute atomic E-state index is 0.0877. The standard InChI is InChI=1S/C37H54N5O8PS/c1-20-8-13-37(46-18-20)22(3)32-29(49-37)15-27-25-7-6-23-14-24(9-11-35(23,4)26(25)10-12-36(27,32)5)50-51(45,52)47-19-30-28(40-41-38)16-31(48-30)42-17-21(2)33(43)39-34(42)44/h6,17,20,22,24-32H,7-16,18-19H2,1-5H3,(H,45,52)(H,39,43,44)/t20?,22-,24-,25+,26-,27-,28-,29-,30+,31+,32-,35-,36-,37+,51?/m0/s1. The lowest BCUT2D eigenvalue weighted by Crippen LogP contribution is -2.52. The Bertz CT molecular complexity index is 1820. The Morgan fingerprint density at radius 1 is 1.17 bits per heavy atom. The van der Waals surface area contributed by atoms with Gasteiger partial charge in [0, 0.05) is 35.4 Å². The largest absolute Gasteiger partial charge is 0.352 e. The third-order valence-electron chi connectivity index (χ3n) is 14.9.